The predicted molar refractivity (Wildman–Crippen MR) is 112 cm³/mol. The average molecular weight is 427 g/mol. The van der Waals surface area contributed by atoms with E-state index in [4.69, 9.17) is 27.9 Å². The molecule has 0 saturated carbocycles. The molecule has 0 aliphatic carbocycles. The minimum Gasteiger partial charge on any atom is -0.381 e. The molecule has 1 aromatic heterocycles. The van der Waals surface area contributed by atoms with Gasteiger partial charge in [-0.25, -0.2) is 4.39 Å². The van der Waals surface area contributed by atoms with Crippen LogP contribution in [0, 0.1) is 5.82 Å². The van der Waals surface area contributed by atoms with Crippen LogP contribution in [0.5, 0.6) is 0 Å². The highest BCUT2D eigenvalue weighted by atomic mass is 35.5. The van der Waals surface area contributed by atoms with Gasteiger partial charge in [0.25, 0.3) is 0 Å². The highest BCUT2D eigenvalue weighted by molar-refractivity contribution is 6.41. The molecule has 0 radical (unpaired) electrons. The van der Waals surface area contributed by atoms with Crippen LogP contribution in [0.15, 0.2) is 35.3 Å². The summed E-state index contributed by atoms with van der Waals surface area (Å²) in [5.41, 5.74) is 1.94. The quantitative estimate of drug-likeness (QED) is 0.563. The minimum absolute atomic E-state index is 0.124. The SMILES string of the molecule is CN=C(NCc1cc(Cl)c(Cl)n1C)NCC1(c2ccc(F)cc2)CCOCC1. The molecule has 1 aromatic carbocycles. The molecule has 0 atom stereocenters. The number of ether oxygens (including phenoxy) is 1. The van der Waals surface area contributed by atoms with Crippen LogP contribution in [0.25, 0.3) is 0 Å². The number of benzene rings is 1. The van der Waals surface area contributed by atoms with Crippen molar-refractivity contribution in [3.8, 4) is 0 Å². The van der Waals surface area contributed by atoms with Crippen LogP contribution in [0.3, 0.4) is 0 Å². The summed E-state index contributed by atoms with van der Waals surface area (Å²) in [6.45, 7) is 2.59. The molecule has 2 aromatic rings. The van der Waals surface area contributed by atoms with Gasteiger partial charge in [0.2, 0.25) is 0 Å². The van der Waals surface area contributed by atoms with Gasteiger partial charge in [-0.15, -0.1) is 0 Å². The standard InChI is InChI=1S/C20H25Cl2FN4O/c1-24-19(25-12-16-11-17(21)18(22)27(16)2)26-13-20(7-9-28-10-8-20)14-3-5-15(23)6-4-14/h3-6,11H,7-10,12-13H2,1-2H3,(H2,24,25,26). The highest BCUT2D eigenvalue weighted by Gasteiger charge is 2.34. The van der Waals surface area contributed by atoms with E-state index < -0.39 is 0 Å². The second-order valence-corrected chi connectivity index (χ2v) is 7.78. The Morgan fingerprint density at radius 2 is 1.89 bits per heavy atom. The maximum atomic E-state index is 13.4. The first kappa shape index (κ1) is 21.0. The van der Waals surface area contributed by atoms with Gasteiger partial charge in [-0.2, -0.15) is 0 Å². The van der Waals surface area contributed by atoms with Gasteiger partial charge in [0, 0.05) is 45.0 Å². The normalized spacial score (nSPS) is 16.8. The third kappa shape index (κ3) is 4.62. The molecule has 0 amide bonds. The Bertz CT molecular complexity index is 829. The van der Waals surface area contributed by atoms with Crippen LogP contribution < -0.4 is 10.6 Å². The summed E-state index contributed by atoms with van der Waals surface area (Å²) >= 11 is 12.2. The number of aromatic nitrogens is 1. The molecular weight excluding hydrogens is 402 g/mol. The molecule has 1 saturated heterocycles. The van der Waals surface area contributed by atoms with Crippen LogP contribution >= 0.6 is 23.2 Å². The van der Waals surface area contributed by atoms with Gasteiger partial charge < -0.3 is 19.9 Å². The van der Waals surface area contributed by atoms with E-state index in [1.807, 2.05) is 29.8 Å². The fraction of sp³-hybridized carbons (Fsp3) is 0.450. The Labute approximate surface area is 174 Å². The van der Waals surface area contributed by atoms with Crippen LogP contribution in [-0.4, -0.2) is 37.3 Å². The number of guanidine groups is 1. The monoisotopic (exact) mass is 426 g/mol. The summed E-state index contributed by atoms with van der Waals surface area (Å²) in [5.74, 6) is 0.456. The first-order valence-corrected chi connectivity index (χ1v) is 9.99. The molecule has 8 heteroatoms. The van der Waals surface area contributed by atoms with Crippen LogP contribution in [0.4, 0.5) is 4.39 Å². The van der Waals surface area contributed by atoms with Crippen molar-refractivity contribution < 1.29 is 9.13 Å². The topological polar surface area (TPSA) is 50.6 Å². The third-order valence-electron chi connectivity index (χ3n) is 5.38. The molecule has 0 spiro atoms. The molecule has 1 aliphatic rings. The molecule has 0 bridgehead atoms. The lowest BCUT2D eigenvalue weighted by Crippen LogP contribution is -2.48. The van der Waals surface area contributed by atoms with Crippen LogP contribution in [0.1, 0.15) is 24.1 Å². The van der Waals surface area contributed by atoms with E-state index in [-0.39, 0.29) is 11.2 Å². The summed E-state index contributed by atoms with van der Waals surface area (Å²) in [5, 5.41) is 7.75. The lowest BCUT2D eigenvalue weighted by molar-refractivity contribution is 0.0513. The van der Waals surface area contributed by atoms with Gasteiger partial charge in [0.1, 0.15) is 11.0 Å². The van der Waals surface area contributed by atoms with E-state index in [1.54, 1.807) is 7.05 Å². The summed E-state index contributed by atoms with van der Waals surface area (Å²) in [6.07, 6.45) is 1.73. The van der Waals surface area contributed by atoms with Crippen molar-refractivity contribution in [2.45, 2.75) is 24.8 Å². The van der Waals surface area contributed by atoms with E-state index >= 15 is 0 Å². The molecule has 1 fully saturated rings. The van der Waals surface area contributed by atoms with Crippen LogP contribution in [-0.2, 0) is 23.7 Å². The number of rotatable bonds is 5. The molecular formula is C20H25Cl2FN4O. The van der Waals surface area contributed by atoms with Crippen molar-refractivity contribution in [2.75, 3.05) is 26.8 Å². The summed E-state index contributed by atoms with van der Waals surface area (Å²) in [4.78, 5) is 4.31. The number of nitrogens with zero attached hydrogens (tertiary/aromatic N) is 2. The summed E-state index contributed by atoms with van der Waals surface area (Å²) < 4.78 is 20.8. The maximum absolute atomic E-state index is 13.4. The first-order valence-electron chi connectivity index (χ1n) is 9.23. The Morgan fingerprint density at radius 3 is 2.46 bits per heavy atom. The second kappa shape index (κ2) is 9.16. The van der Waals surface area contributed by atoms with Crippen molar-refractivity contribution in [1.29, 1.82) is 0 Å². The summed E-state index contributed by atoms with van der Waals surface area (Å²) in [6, 6.07) is 8.60. The number of hydrogen-bond acceptors (Lipinski definition) is 2. The van der Waals surface area contributed by atoms with Crippen molar-refractivity contribution in [3.05, 3.63) is 57.6 Å². The van der Waals surface area contributed by atoms with Gasteiger partial charge in [-0.1, -0.05) is 35.3 Å². The minimum atomic E-state index is -0.226. The van der Waals surface area contributed by atoms with E-state index in [0.29, 0.717) is 42.4 Å². The van der Waals surface area contributed by atoms with Crippen molar-refractivity contribution in [1.82, 2.24) is 15.2 Å². The number of nitrogens with one attached hydrogen (secondary N) is 2. The second-order valence-electron chi connectivity index (χ2n) is 7.01. The van der Waals surface area contributed by atoms with Gasteiger partial charge in [-0.3, -0.25) is 4.99 Å². The fourth-order valence-corrected chi connectivity index (χ4v) is 3.96. The molecule has 3 rings (SSSR count). The molecule has 28 heavy (non-hydrogen) atoms. The Balaban J connectivity index is 1.67. The van der Waals surface area contributed by atoms with Gasteiger partial charge in [-0.05, 0) is 36.6 Å². The smallest absolute Gasteiger partial charge is 0.191 e. The number of aliphatic imine (C=N–C) groups is 1. The Hall–Kier alpha value is -1.76. The Kier molecular flexibility index (Phi) is 6.86. The number of hydrogen-bond donors (Lipinski definition) is 2. The van der Waals surface area contributed by atoms with Gasteiger partial charge in [0.15, 0.2) is 5.96 Å². The van der Waals surface area contributed by atoms with Gasteiger partial charge in [0.05, 0.1) is 11.6 Å². The lowest BCUT2D eigenvalue weighted by Gasteiger charge is -2.38. The number of halogens is 3. The maximum Gasteiger partial charge on any atom is 0.191 e. The molecule has 2 heterocycles. The highest BCUT2D eigenvalue weighted by Crippen LogP contribution is 2.34. The van der Waals surface area contributed by atoms with E-state index in [9.17, 15) is 4.39 Å². The van der Waals surface area contributed by atoms with Crippen molar-refractivity contribution in [2.24, 2.45) is 12.0 Å². The first-order chi connectivity index (χ1) is 13.4. The van der Waals surface area contributed by atoms with E-state index in [1.165, 1.54) is 12.1 Å². The van der Waals surface area contributed by atoms with E-state index in [0.717, 1.165) is 24.1 Å². The molecule has 1 aliphatic heterocycles. The third-order valence-corrected chi connectivity index (χ3v) is 6.22. The lowest BCUT2D eigenvalue weighted by atomic mass is 9.74. The Morgan fingerprint density at radius 1 is 1.21 bits per heavy atom. The zero-order valence-electron chi connectivity index (χ0n) is 16.1. The molecule has 5 nitrogen and oxygen atoms in total. The predicted octanol–water partition coefficient (Wildman–Crippen LogP) is 3.88. The summed E-state index contributed by atoms with van der Waals surface area (Å²) in [7, 11) is 3.60. The average Bonchev–Trinajstić information content (AvgIpc) is 2.96. The molecule has 152 valence electrons. The molecule has 0 unspecified atom stereocenters. The fourth-order valence-electron chi connectivity index (χ4n) is 3.54. The van der Waals surface area contributed by atoms with Gasteiger partial charge >= 0.3 is 0 Å². The van der Waals surface area contributed by atoms with Crippen molar-refractivity contribution in [3.63, 3.8) is 0 Å². The van der Waals surface area contributed by atoms with E-state index in [2.05, 4.69) is 15.6 Å². The van der Waals surface area contributed by atoms with Crippen molar-refractivity contribution >= 4 is 29.2 Å². The zero-order valence-corrected chi connectivity index (χ0v) is 17.6. The largest absolute Gasteiger partial charge is 0.381 e. The molecule has 2 N–H and O–H groups in total. The zero-order chi connectivity index (χ0) is 20.1. The van der Waals surface area contributed by atoms with Crippen LogP contribution in [0.2, 0.25) is 10.2 Å².